The van der Waals surface area contributed by atoms with Gasteiger partial charge in [0.2, 0.25) is 0 Å². The second-order valence-electron chi connectivity index (χ2n) is 4.44. The van der Waals surface area contributed by atoms with Crippen LogP contribution >= 0.6 is 0 Å². The van der Waals surface area contributed by atoms with Crippen molar-refractivity contribution in [2.45, 2.75) is 13.8 Å². The molecule has 2 atom stereocenters. The summed E-state index contributed by atoms with van der Waals surface area (Å²) in [7, 11) is 0. The monoisotopic (exact) mass is 245 g/mol. The summed E-state index contributed by atoms with van der Waals surface area (Å²) in [5, 5.41) is 3.03. The van der Waals surface area contributed by atoms with Crippen molar-refractivity contribution in [1.29, 1.82) is 0 Å². The highest BCUT2D eigenvalue weighted by atomic mass is 19.1. The molecule has 1 nitrogen and oxygen atoms in total. The normalized spacial score (nSPS) is 13.5. The Morgan fingerprint density at radius 3 is 2.56 bits per heavy atom. The Hall–Kier alpha value is -1.83. The molecule has 0 heterocycles. The molecular formula is C16H20FN. The SMILES string of the molecule is C=CC(C)C(C=C)C(=C)Nc1cccc(C)c1F. The van der Waals surface area contributed by atoms with Gasteiger partial charge in [-0.25, -0.2) is 4.39 Å². The predicted octanol–water partition coefficient (Wildman–Crippen LogP) is 4.68. The van der Waals surface area contributed by atoms with Crippen molar-refractivity contribution in [2.24, 2.45) is 11.8 Å². The van der Waals surface area contributed by atoms with Gasteiger partial charge in [0.1, 0.15) is 5.82 Å². The standard InChI is InChI=1S/C16H20FN/c1-6-11(3)14(7-2)13(5)18-15-10-8-9-12(4)16(15)17/h6-11,14,18H,1-2,5H2,3-4H3. The van der Waals surface area contributed by atoms with Gasteiger partial charge in [-0.15, -0.1) is 13.2 Å². The van der Waals surface area contributed by atoms with E-state index >= 15 is 0 Å². The van der Waals surface area contributed by atoms with E-state index in [1.807, 2.05) is 19.1 Å². The van der Waals surface area contributed by atoms with E-state index in [2.05, 4.69) is 25.1 Å². The van der Waals surface area contributed by atoms with Crippen LogP contribution in [-0.2, 0) is 0 Å². The Labute approximate surface area is 109 Å². The van der Waals surface area contributed by atoms with Gasteiger partial charge in [-0.2, -0.15) is 0 Å². The van der Waals surface area contributed by atoms with Crippen molar-refractivity contribution in [2.75, 3.05) is 5.32 Å². The molecule has 0 aliphatic heterocycles. The molecule has 0 saturated carbocycles. The summed E-state index contributed by atoms with van der Waals surface area (Å²) in [6, 6.07) is 5.25. The lowest BCUT2D eigenvalue weighted by atomic mass is 9.91. The maximum atomic E-state index is 13.9. The van der Waals surface area contributed by atoms with Crippen molar-refractivity contribution in [3.05, 3.63) is 67.2 Å². The summed E-state index contributed by atoms with van der Waals surface area (Å²) in [4.78, 5) is 0. The highest BCUT2D eigenvalue weighted by Gasteiger charge is 2.16. The van der Waals surface area contributed by atoms with E-state index in [0.717, 1.165) is 5.70 Å². The Balaban J connectivity index is 2.90. The summed E-state index contributed by atoms with van der Waals surface area (Å²) in [6.45, 7) is 15.3. The molecule has 96 valence electrons. The van der Waals surface area contributed by atoms with Crippen molar-refractivity contribution in [1.82, 2.24) is 0 Å². The molecule has 0 aromatic heterocycles. The van der Waals surface area contributed by atoms with Crippen LogP contribution in [0.4, 0.5) is 10.1 Å². The predicted molar refractivity (Wildman–Crippen MR) is 76.9 cm³/mol. The summed E-state index contributed by atoms with van der Waals surface area (Å²) in [5.74, 6) is -0.00880. The molecule has 0 aliphatic carbocycles. The van der Waals surface area contributed by atoms with Crippen LogP contribution in [0.2, 0.25) is 0 Å². The number of aryl methyl sites for hydroxylation is 1. The average molecular weight is 245 g/mol. The molecule has 2 unspecified atom stereocenters. The van der Waals surface area contributed by atoms with E-state index in [4.69, 9.17) is 0 Å². The van der Waals surface area contributed by atoms with Crippen LogP contribution < -0.4 is 5.32 Å². The lowest BCUT2D eigenvalue weighted by Crippen LogP contribution is -2.15. The third kappa shape index (κ3) is 3.10. The zero-order chi connectivity index (χ0) is 13.7. The van der Waals surface area contributed by atoms with Gasteiger partial charge in [0, 0.05) is 11.6 Å². The van der Waals surface area contributed by atoms with Gasteiger partial charge in [-0.05, 0) is 24.5 Å². The molecule has 0 saturated heterocycles. The fourth-order valence-corrected chi connectivity index (χ4v) is 1.82. The van der Waals surface area contributed by atoms with Gasteiger partial charge < -0.3 is 5.32 Å². The molecule has 1 aromatic rings. The second-order valence-corrected chi connectivity index (χ2v) is 4.44. The molecule has 1 rings (SSSR count). The van der Waals surface area contributed by atoms with E-state index in [1.165, 1.54) is 0 Å². The molecule has 18 heavy (non-hydrogen) atoms. The van der Waals surface area contributed by atoms with Gasteiger partial charge >= 0.3 is 0 Å². The highest BCUT2D eigenvalue weighted by molar-refractivity contribution is 5.52. The maximum Gasteiger partial charge on any atom is 0.149 e. The van der Waals surface area contributed by atoms with Gasteiger partial charge in [0.05, 0.1) is 5.69 Å². The minimum Gasteiger partial charge on any atom is -0.357 e. The molecule has 1 N–H and O–H groups in total. The molecule has 0 amide bonds. The average Bonchev–Trinajstić information content (AvgIpc) is 2.35. The number of anilines is 1. The molecule has 0 radical (unpaired) electrons. The molecule has 2 heteroatoms. The fourth-order valence-electron chi connectivity index (χ4n) is 1.82. The van der Waals surface area contributed by atoms with Crippen LogP contribution in [-0.4, -0.2) is 0 Å². The number of nitrogens with one attached hydrogen (secondary N) is 1. The molecule has 1 aromatic carbocycles. The van der Waals surface area contributed by atoms with Crippen LogP contribution in [0.25, 0.3) is 0 Å². The third-order valence-electron chi connectivity index (χ3n) is 3.08. The summed E-state index contributed by atoms with van der Waals surface area (Å²) >= 11 is 0. The lowest BCUT2D eigenvalue weighted by Gasteiger charge is -2.22. The highest BCUT2D eigenvalue weighted by Crippen LogP contribution is 2.25. The van der Waals surface area contributed by atoms with E-state index < -0.39 is 0 Å². The van der Waals surface area contributed by atoms with Crippen molar-refractivity contribution in [3.8, 4) is 0 Å². The Morgan fingerprint density at radius 1 is 1.33 bits per heavy atom. The first-order chi connectivity index (χ1) is 8.51. The second kappa shape index (κ2) is 6.20. The first kappa shape index (κ1) is 14.2. The summed E-state index contributed by atoms with van der Waals surface area (Å²) in [5.41, 5.74) is 1.78. The Kier molecular flexibility index (Phi) is 4.90. The number of hydrogen-bond donors (Lipinski definition) is 1. The zero-order valence-electron chi connectivity index (χ0n) is 11.0. The largest absolute Gasteiger partial charge is 0.357 e. The van der Waals surface area contributed by atoms with Crippen LogP contribution in [0.1, 0.15) is 12.5 Å². The maximum absolute atomic E-state index is 13.9. The third-order valence-corrected chi connectivity index (χ3v) is 3.08. The van der Waals surface area contributed by atoms with Crippen LogP contribution in [0.5, 0.6) is 0 Å². The smallest absolute Gasteiger partial charge is 0.149 e. The first-order valence-electron chi connectivity index (χ1n) is 5.97. The van der Waals surface area contributed by atoms with Crippen molar-refractivity contribution < 1.29 is 4.39 Å². The fraction of sp³-hybridized carbons (Fsp3) is 0.250. The minimum absolute atomic E-state index is 0.0300. The summed E-state index contributed by atoms with van der Waals surface area (Å²) < 4.78 is 13.9. The number of rotatable bonds is 6. The molecular weight excluding hydrogens is 225 g/mol. The van der Waals surface area contributed by atoms with Gasteiger partial charge in [-0.1, -0.05) is 37.8 Å². The van der Waals surface area contributed by atoms with E-state index in [9.17, 15) is 4.39 Å². The zero-order valence-corrected chi connectivity index (χ0v) is 11.0. The van der Waals surface area contributed by atoms with Crippen LogP contribution in [0, 0.1) is 24.6 Å². The van der Waals surface area contributed by atoms with Gasteiger partial charge in [0.25, 0.3) is 0 Å². The molecule has 0 aliphatic rings. The Bertz CT molecular complexity index is 462. The molecule has 0 bridgehead atoms. The number of hydrogen-bond acceptors (Lipinski definition) is 1. The lowest BCUT2D eigenvalue weighted by molar-refractivity contribution is 0.584. The van der Waals surface area contributed by atoms with Crippen LogP contribution in [0.3, 0.4) is 0 Å². The topological polar surface area (TPSA) is 12.0 Å². The number of allylic oxidation sites excluding steroid dienone is 2. The first-order valence-corrected chi connectivity index (χ1v) is 5.97. The van der Waals surface area contributed by atoms with E-state index in [1.54, 1.807) is 25.1 Å². The minimum atomic E-state index is -0.243. The number of benzene rings is 1. The number of halogens is 1. The molecule has 0 spiro atoms. The summed E-state index contributed by atoms with van der Waals surface area (Å²) in [6.07, 6.45) is 3.64. The quantitative estimate of drug-likeness (QED) is 0.717. The van der Waals surface area contributed by atoms with Crippen LogP contribution in [0.15, 0.2) is 55.8 Å². The molecule has 0 fully saturated rings. The van der Waals surface area contributed by atoms with E-state index in [-0.39, 0.29) is 17.7 Å². The van der Waals surface area contributed by atoms with Gasteiger partial charge in [0.15, 0.2) is 0 Å². The van der Waals surface area contributed by atoms with Gasteiger partial charge in [-0.3, -0.25) is 0 Å². The van der Waals surface area contributed by atoms with Crippen molar-refractivity contribution >= 4 is 5.69 Å². The Morgan fingerprint density at radius 2 is 2.00 bits per heavy atom. The van der Waals surface area contributed by atoms with E-state index in [0.29, 0.717) is 11.3 Å². The van der Waals surface area contributed by atoms with Crippen molar-refractivity contribution in [3.63, 3.8) is 0 Å².